The molecule has 10 heteroatoms. The van der Waals surface area contributed by atoms with Gasteiger partial charge in [-0.15, -0.1) is 0 Å². The maximum absolute atomic E-state index is 14.5. The average Bonchev–Trinajstić information content (AvgIpc) is 3.06. The number of carbonyl (C=O) groups excluding carboxylic acids is 2. The molecular formula is C36H40BrN3O5S. The molecule has 1 atom stereocenters. The molecule has 0 aliphatic carbocycles. The van der Waals surface area contributed by atoms with E-state index in [-0.39, 0.29) is 23.8 Å². The van der Waals surface area contributed by atoms with Crippen LogP contribution in [0.5, 0.6) is 5.75 Å². The SMILES string of the molecule is CCCNC(=O)C(Cc1ccccc1)N(Cc1ccc(C)cc1)C(=O)CN(c1ccc(OCC)cc1)S(=O)(=O)c1ccc(Br)cc1. The number of nitrogens with one attached hydrogen (secondary N) is 1. The molecule has 0 radical (unpaired) electrons. The third-order valence-corrected chi connectivity index (χ3v) is 9.73. The second-order valence-corrected chi connectivity index (χ2v) is 13.7. The number of halogens is 1. The predicted molar refractivity (Wildman–Crippen MR) is 185 cm³/mol. The molecule has 0 fully saturated rings. The lowest BCUT2D eigenvalue weighted by atomic mass is 10.0. The van der Waals surface area contributed by atoms with Crippen LogP contribution in [0.1, 0.15) is 37.0 Å². The van der Waals surface area contributed by atoms with E-state index in [1.54, 1.807) is 36.4 Å². The van der Waals surface area contributed by atoms with Gasteiger partial charge in [0, 0.05) is 24.0 Å². The van der Waals surface area contributed by atoms with Crippen LogP contribution in [0.4, 0.5) is 5.69 Å². The molecule has 4 aromatic rings. The van der Waals surface area contributed by atoms with Crippen molar-refractivity contribution in [3.63, 3.8) is 0 Å². The third kappa shape index (κ3) is 9.20. The van der Waals surface area contributed by atoms with Crippen molar-refractivity contribution in [3.05, 3.63) is 124 Å². The molecule has 0 spiro atoms. The van der Waals surface area contributed by atoms with E-state index >= 15 is 0 Å². The minimum absolute atomic E-state index is 0.0315. The molecule has 2 amide bonds. The highest BCUT2D eigenvalue weighted by Gasteiger charge is 2.34. The van der Waals surface area contributed by atoms with Gasteiger partial charge in [-0.1, -0.05) is 83.0 Å². The van der Waals surface area contributed by atoms with Crippen LogP contribution in [-0.4, -0.2) is 50.9 Å². The molecule has 0 saturated heterocycles. The van der Waals surface area contributed by atoms with Crippen LogP contribution in [-0.2, 0) is 32.6 Å². The number of ether oxygens (including phenoxy) is 1. The molecule has 242 valence electrons. The van der Waals surface area contributed by atoms with Crippen molar-refractivity contribution in [2.75, 3.05) is 24.0 Å². The van der Waals surface area contributed by atoms with Crippen LogP contribution < -0.4 is 14.4 Å². The zero-order valence-corrected chi connectivity index (χ0v) is 28.8. The molecule has 0 bridgehead atoms. The Labute approximate surface area is 280 Å². The Morgan fingerprint density at radius 3 is 2.11 bits per heavy atom. The molecule has 8 nitrogen and oxygen atoms in total. The van der Waals surface area contributed by atoms with Crippen LogP contribution in [0.3, 0.4) is 0 Å². The van der Waals surface area contributed by atoms with Crippen LogP contribution >= 0.6 is 15.9 Å². The van der Waals surface area contributed by atoms with Crippen molar-refractivity contribution in [3.8, 4) is 5.75 Å². The first-order chi connectivity index (χ1) is 22.1. The summed E-state index contributed by atoms with van der Waals surface area (Å²) in [5, 5.41) is 2.96. The largest absolute Gasteiger partial charge is 0.494 e. The highest BCUT2D eigenvalue weighted by Crippen LogP contribution is 2.28. The molecule has 0 aliphatic rings. The maximum Gasteiger partial charge on any atom is 0.264 e. The van der Waals surface area contributed by atoms with Crippen molar-refractivity contribution in [2.45, 2.75) is 51.1 Å². The Morgan fingerprint density at radius 1 is 0.848 bits per heavy atom. The fourth-order valence-electron chi connectivity index (χ4n) is 4.95. The van der Waals surface area contributed by atoms with Gasteiger partial charge in [0.15, 0.2) is 0 Å². The van der Waals surface area contributed by atoms with Gasteiger partial charge >= 0.3 is 0 Å². The lowest BCUT2D eigenvalue weighted by Gasteiger charge is -2.34. The fourth-order valence-corrected chi connectivity index (χ4v) is 6.63. The van der Waals surface area contributed by atoms with Crippen LogP contribution in [0.2, 0.25) is 0 Å². The van der Waals surface area contributed by atoms with E-state index in [4.69, 9.17) is 4.74 Å². The van der Waals surface area contributed by atoms with Crippen molar-refractivity contribution in [1.29, 1.82) is 0 Å². The Bertz CT molecular complexity index is 1680. The van der Waals surface area contributed by atoms with Gasteiger partial charge in [-0.25, -0.2) is 8.42 Å². The normalized spacial score (nSPS) is 11.8. The quantitative estimate of drug-likeness (QED) is 0.152. The van der Waals surface area contributed by atoms with Gasteiger partial charge in [0.1, 0.15) is 18.3 Å². The van der Waals surface area contributed by atoms with Gasteiger partial charge in [0.05, 0.1) is 17.2 Å². The van der Waals surface area contributed by atoms with E-state index in [1.165, 1.54) is 17.0 Å². The number of amides is 2. The highest BCUT2D eigenvalue weighted by molar-refractivity contribution is 9.10. The standard InChI is InChI=1S/C36H40BrN3O5S/c1-4-23-38-36(42)34(24-28-9-7-6-8-10-28)39(25-29-13-11-27(3)12-14-29)35(41)26-40(31-17-19-32(20-18-31)45-5-2)46(43,44)33-21-15-30(37)16-22-33/h6-22,34H,4-5,23-26H2,1-3H3,(H,38,42). The fraction of sp³-hybridized carbons (Fsp3) is 0.278. The Kier molecular flexibility index (Phi) is 12.4. The smallest absolute Gasteiger partial charge is 0.264 e. The monoisotopic (exact) mass is 705 g/mol. The van der Waals surface area contributed by atoms with Gasteiger partial charge in [-0.05, 0) is 79.9 Å². The van der Waals surface area contributed by atoms with E-state index in [0.717, 1.165) is 31.9 Å². The summed E-state index contributed by atoms with van der Waals surface area (Å²) in [4.78, 5) is 29.8. The van der Waals surface area contributed by atoms with Gasteiger partial charge in [-0.3, -0.25) is 13.9 Å². The van der Waals surface area contributed by atoms with E-state index in [1.807, 2.05) is 75.4 Å². The van der Waals surface area contributed by atoms with E-state index in [9.17, 15) is 18.0 Å². The number of nitrogens with zero attached hydrogens (tertiary/aromatic N) is 2. The predicted octanol–water partition coefficient (Wildman–Crippen LogP) is 6.52. The summed E-state index contributed by atoms with van der Waals surface area (Å²) in [6, 6.07) is 29.2. The second-order valence-electron chi connectivity index (χ2n) is 10.9. The van der Waals surface area contributed by atoms with Crippen molar-refractivity contribution >= 4 is 43.5 Å². The molecule has 1 unspecified atom stereocenters. The molecule has 0 aromatic heterocycles. The molecule has 46 heavy (non-hydrogen) atoms. The average molecular weight is 707 g/mol. The molecule has 0 aliphatic heterocycles. The molecular weight excluding hydrogens is 666 g/mol. The zero-order chi connectivity index (χ0) is 33.1. The molecule has 4 aromatic carbocycles. The zero-order valence-electron chi connectivity index (χ0n) is 26.4. The first kappa shape index (κ1) is 34.7. The van der Waals surface area contributed by atoms with Crippen LogP contribution in [0, 0.1) is 6.92 Å². The summed E-state index contributed by atoms with van der Waals surface area (Å²) in [6.45, 7) is 6.30. The minimum Gasteiger partial charge on any atom is -0.494 e. The van der Waals surface area contributed by atoms with Gasteiger partial charge in [0.25, 0.3) is 10.0 Å². The minimum atomic E-state index is -4.20. The van der Waals surface area contributed by atoms with E-state index in [2.05, 4.69) is 21.2 Å². The number of anilines is 1. The first-order valence-corrected chi connectivity index (χ1v) is 17.5. The van der Waals surface area contributed by atoms with Gasteiger partial charge < -0.3 is 15.0 Å². The van der Waals surface area contributed by atoms with E-state index < -0.39 is 28.5 Å². The van der Waals surface area contributed by atoms with E-state index in [0.29, 0.717) is 24.6 Å². The molecule has 0 heterocycles. The lowest BCUT2D eigenvalue weighted by molar-refractivity contribution is -0.140. The maximum atomic E-state index is 14.5. The van der Waals surface area contributed by atoms with Crippen molar-refractivity contribution in [2.24, 2.45) is 0 Å². The van der Waals surface area contributed by atoms with Gasteiger partial charge in [0.2, 0.25) is 11.8 Å². The Balaban J connectivity index is 1.79. The van der Waals surface area contributed by atoms with Crippen molar-refractivity contribution < 1.29 is 22.7 Å². The summed E-state index contributed by atoms with van der Waals surface area (Å²) in [6.07, 6.45) is 0.989. The number of rotatable bonds is 15. The van der Waals surface area contributed by atoms with Crippen molar-refractivity contribution in [1.82, 2.24) is 10.2 Å². The van der Waals surface area contributed by atoms with Crippen LogP contribution in [0.25, 0.3) is 0 Å². The number of hydrogen-bond donors (Lipinski definition) is 1. The Hall–Kier alpha value is -4.15. The summed E-state index contributed by atoms with van der Waals surface area (Å²) in [5.74, 6) is -0.229. The topological polar surface area (TPSA) is 96.0 Å². The lowest BCUT2D eigenvalue weighted by Crippen LogP contribution is -2.53. The highest BCUT2D eigenvalue weighted by atomic mass is 79.9. The summed E-state index contributed by atoms with van der Waals surface area (Å²) in [7, 11) is -4.20. The number of hydrogen-bond acceptors (Lipinski definition) is 5. The summed E-state index contributed by atoms with van der Waals surface area (Å²) in [5.41, 5.74) is 3.06. The number of aryl methyl sites for hydroxylation is 1. The van der Waals surface area contributed by atoms with Gasteiger partial charge in [-0.2, -0.15) is 0 Å². The van der Waals surface area contributed by atoms with Crippen LogP contribution in [0.15, 0.2) is 112 Å². The number of benzene rings is 4. The Morgan fingerprint density at radius 2 is 1.50 bits per heavy atom. The number of carbonyl (C=O) groups is 2. The molecule has 4 rings (SSSR count). The number of sulfonamides is 1. The summed E-state index contributed by atoms with van der Waals surface area (Å²) >= 11 is 3.37. The second kappa shape index (κ2) is 16.4. The molecule has 1 N–H and O–H groups in total. The third-order valence-electron chi connectivity index (χ3n) is 7.41. The summed E-state index contributed by atoms with van der Waals surface area (Å²) < 4.78 is 35.7. The first-order valence-electron chi connectivity index (χ1n) is 15.3. The molecule has 0 saturated carbocycles.